The maximum atomic E-state index is 11.4. The van der Waals surface area contributed by atoms with Crippen LogP contribution in [0.25, 0.3) is 11.0 Å². The summed E-state index contributed by atoms with van der Waals surface area (Å²) in [5.74, 6) is -0.154. The van der Waals surface area contributed by atoms with Crippen molar-refractivity contribution in [3.05, 3.63) is 24.3 Å². The van der Waals surface area contributed by atoms with E-state index >= 15 is 0 Å². The number of carbonyl (C=O) groups excluding carboxylic acids is 1. The van der Waals surface area contributed by atoms with Crippen molar-refractivity contribution in [2.45, 2.75) is 12.8 Å². The van der Waals surface area contributed by atoms with Crippen LogP contribution in [0.1, 0.15) is 12.8 Å². The van der Waals surface area contributed by atoms with E-state index in [1.807, 2.05) is 24.3 Å². The van der Waals surface area contributed by atoms with Crippen molar-refractivity contribution < 1.29 is 9.63 Å². The van der Waals surface area contributed by atoms with Crippen LogP contribution in [0.2, 0.25) is 0 Å². The summed E-state index contributed by atoms with van der Waals surface area (Å²) in [7, 11) is 0. The molecule has 0 bridgehead atoms. The molecule has 0 aliphatic heterocycles. The highest BCUT2D eigenvalue weighted by Gasteiger charge is 2.32. The van der Waals surface area contributed by atoms with Crippen molar-refractivity contribution >= 4 is 17.0 Å². The minimum atomic E-state index is -0.217. The van der Waals surface area contributed by atoms with E-state index in [9.17, 15) is 4.79 Å². The number of hydrogen-bond donors (Lipinski definition) is 0. The van der Waals surface area contributed by atoms with Gasteiger partial charge in [0.1, 0.15) is 11.0 Å². The first kappa shape index (κ1) is 8.40. The van der Waals surface area contributed by atoms with Gasteiger partial charge >= 0.3 is 5.97 Å². The van der Waals surface area contributed by atoms with Gasteiger partial charge in [0.25, 0.3) is 0 Å². The molecule has 0 N–H and O–H groups in total. The minimum Gasteiger partial charge on any atom is -0.317 e. The van der Waals surface area contributed by atoms with Crippen molar-refractivity contribution in [1.29, 1.82) is 0 Å². The number of para-hydroxylation sites is 1. The Kier molecular flexibility index (Phi) is 1.71. The van der Waals surface area contributed by atoms with Crippen LogP contribution in [0.15, 0.2) is 24.3 Å². The van der Waals surface area contributed by atoms with Gasteiger partial charge in [-0.05, 0) is 30.2 Å². The molecule has 15 heavy (non-hydrogen) atoms. The highest BCUT2D eigenvalue weighted by atomic mass is 16.7. The van der Waals surface area contributed by atoms with Crippen molar-refractivity contribution in [2.24, 2.45) is 5.92 Å². The molecule has 0 spiro atoms. The van der Waals surface area contributed by atoms with Crippen LogP contribution in [0.3, 0.4) is 0 Å². The number of nitrogens with zero attached hydrogens (tertiary/aromatic N) is 3. The van der Waals surface area contributed by atoms with Gasteiger partial charge in [-0.2, -0.15) is 0 Å². The average Bonchev–Trinajstić information content (AvgIpc) is 3.03. The monoisotopic (exact) mass is 203 g/mol. The summed E-state index contributed by atoms with van der Waals surface area (Å²) in [6.07, 6.45) is 1.84. The lowest BCUT2D eigenvalue weighted by atomic mass is 10.3. The molecule has 1 aliphatic carbocycles. The van der Waals surface area contributed by atoms with Gasteiger partial charge in [0.15, 0.2) is 0 Å². The smallest absolute Gasteiger partial charge is 0.317 e. The third kappa shape index (κ3) is 1.45. The van der Waals surface area contributed by atoms with Gasteiger partial charge in [0.2, 0.25) is 0 Å². The fourth-order valence-electron chi connectivity index (χ4n) is 1.39. The Hall–Kier alpha value is -1.91. The van der Waals surface area contributed by atoms with Crippen molar-refractivity contribution in [2.75, 3.05) is 0 Å². The second kappa shape index (κ2) is 3.05. The Morgan fingerprint density at radius 3 is 3.00 bits per heavy atom. The summed E-state index contributed by atoms with van der Waals surface area (Å²) >= 11 is 0. The maximum Gasteiger partial charge on any atom is 0.338 e. The number of carbonyl (C=O) groups is 1. The lowest BCUT2D eigenvalue weighted by Gasteiger charge is -2.00. The molecular formula is C10H9N3O2. The zero-order chi connectivity index (χ0) is 10.3. The van der Waals surface area contributed by atoms with E-state index in [1.54, 1.807) is 0 Å². The molecule has 0 unspecified atom stereocenters. The summed E-state index contributed by atoms with van der Waals surface area (Å²) < 4.78 is 0. The van der Waals surface area contributed by atoms with Crippen LogP contribution in [0.5, 0.6) is 0 Å². The number of hydrogen-bond acceptors (Lipinski definition) is 4. The van der Waals surface area contributed by atoms with Gasteiger partial charge in [0.05, 0.1) is 5.92 Å². The Morgan fingerprint density at radius 1 is 1.40 bits per heavy atom. The zero-order valence-electron chi connectivity index (χ0n) is 7.96. The van der Waals surface area contributed by atoms with E-state index in [0.29, 0.717) is 5.52 Å². The molecule has 5 heteroatoms. The lowest BCUT2D eigenvalue weighted by Crippen LogP contribution is -2.22. The third-order valence-electron chi connectivity index (χ3n) is 2.41. The summed E-state index contributed by atoms with van der Waals surface area (Å²) in [4.78, 5) is 17.7. The highest BCUT2D eigenvalue weighted by Crippen LogP contribution is 2.29. The number of fused-ring (bicyclic) bond motifs is 1. The van der Waals surface area contributed by atoms with Gasteiger partial charge in [-0.25, -0.2) is 4.79 Å². The average molecular weight is 203 g/mol. The van der Waals surface area contributed by atoms with Crippen LogP contribution in [0, 0.1) is 5.92 Å². The first-order chi connectivity index (χ1) is 7.34. The number of benzene rings is 1. The second-order valence-corrected chi connectivity index (χ2v) is 3.64. The summed E-state index contributed by atoms with van der Waals surface area (Å²) in [6.45, 7) is 0. The van der Waals surface area contributed by atoms with Gasteiger partial charge in [-0.3, -0.25) is 0 Å². The van der Waals surface area contributed by atoms with E-state index in [-0.39, 0.29) is 11.9 Å². The van der Waals surface area contributed by atoms with Gasteiger partial charge in [-0.1, -0.05) is 17.0 Å². The molecule has 76 valence electrons. The minimum absolute atomic E-state index is 0.0629. The normalized spacial score (nSPS) is 15.5. The van der Waals surface area contributed by atoms with Gasteiger partial charge in [-0.15, -0.1) is 5.10 Å². The van der Waals surface area contributed by atoms with Crippen molar-refractivity contribution in [1.82, 2.24) is 15.2 Å². The Morgan fingerprint density at radius 2 is 2.20 bits per heavy atom. The number of aromatic nitrogens is 3. The molecule has 1 saturated carbocycles. The molecule has 0 radical (unpaired) electrons. The van der Waals surface area contributed by atoms with Crippen LogP contribution < -0.4 is 4.84 Å². The van der Waals surface area contributed by atoms with Crippen molar-refractivity contribution in [3.63, 3.8) is 0 Å². The molecule has 1 aromatic heterocycles. The molecule has 1 heterocycles. The molecule has 2 aromatic rings. The predicted octanol–water partition coefficient (Wildman–Crippen LogP) is 0.796. The SMILES string of the molecule is O=C(On1nnc2ccccc21)C1CC1. The molecular weight excluding hydrogens is 194 g/mol. The molecule has 3 rings (SSSR count). The molecule has 1 aliphatic rings. The van der Waals surface area contributed by atoms with E-state index in [4.69, 9.17) is 4.84 Å². The van der Waals surface area contributed by atoms with E-state index in [2.05, 4.69) is 10.3 Å². The first-order valence-corrected chi connectivity index (χ1v) is 4.87. The van der Waals surface area contributed by atoms with Crippen molar-refractivity contribution in [3.8, 4) is 0 Å². The Bertz CT molecular complexity index is 516. The van der Waals surface area contributed by atoms with Crippen LogP contribution >= 0.6 is 0 Å². The predicted molar refractivity (Wildman–Crippen MR) is 51.8 cm³/mol. The lowest BCUT2D eigenvalue weighted by molar-refractivity contribution is -0.146. The third-order valence-corrected chi connectivity index (χ3v) is 2.41. The van der Waals surface area contributed by atoms with Crippen LogP contribution in [-0.2, 0) is 4.79 Å². The highest BCUT2D eigenvalue weighted by molar-refractivity contribution is 5.77. The largest absolute Gasteiger partial charge is 0.338 e. The summed E-state index contributed by atoms with van der Waals surface area (Å²) in [5.41, 5.74) is 1.44. The molecule has 1 fully saturated rings. The van der Waals surface area contributed by atoms with E-state index in [1.165, 1.54) is 4.85 Å². The second-order valence-electron chi connectivity index (χ2n) is 3.64. The topological polar surface area (TPSA) is 57.0 Å². The molecule has 0 saturated heterocycles. The first-order valence-electron chi connectivity index (χ1n) is 4.87. The summed E-state index contributed by atoms with van der Waals surface area (Å²) in [5, 5.41) is 7.66. The molecule has 0 atom stereocenters. The Labute approximate surface area is 85.6 Å². The fraction of sp³-hybridized carbons (Fsp3) is 0.300. The summed E-state index contributed by atoms with van der Waals surface area (Å²) in [6, 6.07) is 7.36. The molecule has 1 aromatic carbocycles. The van der Waals surface area contributed by atoms with Crippen LogP contribution in [0.4, 0.5) is 0 Å². The fourth-order valence-corrected chi connectivity index (χ4v) is 1.39. The standard InChI is InChI=1S/C10H9N3O2/c14-10(7-5-6-7)15-13-9-4-2-1-3-8(9)11-12-13/h1-4,7H,5-6H2. The molecule has 0 amide bonds. The number of rotatable bonds is 2. The van der Waals surface area contributed by atoms with Crippen LogP contribution in [-0.4, -0.2) is 21.1 Å². The molecule has 5 nitrogen and oxygen atoms in total. The Balaban J connectivity index is 1.93. The van der Waals surface area contributed by atoms with Gasteiger partial charge in [0, 0.05) is 0 Å². The van der Waals surface area contributed by atoms with Gasteiger partial charge < -0.3 is 4.84 Å². The maximum absolute atomic E-state index is 11.4. The zero-order valence-corrected chi connectivity index (χ0v) is 7.96. The van der Waals surface area contributed by atoms with E-state index < -0.39 is 0 Å². The van der Waals surface area contributed by atoms with E-state index in [0.717, 1.165) is 18.4 Å². The quantitative estimate of drug-likeness (QED) is 0.677.